The number of hydrogen-bond acceptors (Lipinski definition) is 14. The minimum Gasteiger partial charge on any atom is -0.499 e. The quantitative estimate of drug-likeness (QED) is 0.0606. The number of hydroxylamine groups is 2. The molecule has 9 unspecified atom stereocenters. The molecule has 0 radical (unpaired) electrons. The first-order chi connectivity index (χ1) is 28.6. The van der Waals surface area contributed by atoms with E-state index in [0.717, 1.165) is 49.7 Å². The Balaban J connectivity index is 1.46. The molecule has 1 saturated carbocycles. The number of amides is 2. The van der Waals surface area contributed by atoms with Crippen molar-refractivity contribution in [2.75, 3.05) is 19.8 Å². The fourth-order valence-electron chi connectivity index (χ4n) is 8.78. The lowest BCUT2D eigenvalue weighted by molar-refractivity contribution is -0.224. The number of esters is 2. The summed E-state index contributed by atoms with van der Waals surface area (Å²) in [5, 5.41) is 37.0. The lowest BCUT2D eigenvalue weighted by atomic mass is 9.62. The molecule has 3 aliphatic heterocycles. The lowest BCUT2D eigenvalue weighted by Crippen LogP contribution is -2.71. The van der Waals surface area contributed by atoms with Gasteiger partial charge in [-0.2, -0.15) is 5.06 Å². The van der Waals surface area contributed by atoms with Crippen LogP contribution >= 0.6 is 0 Å². The fourth-order valence-corrected chi connectivity index (χ4v) is 8.78. The van der Waals surface area contributed by atoms with Crippen LogP contribution in [0.25, 0.3) is 6.08 Å². The van der Waals surface area contributed by atoms with E-state index in [1.165, 1.54) is 18.2 Å². The fraction of sp³-hybridized carbons (Fsp3) is 0.727. The van der Waals surface area contributed by atoms with Crippen LogP contribution in [0.5, 0.6) is 0 Å². The average molecular weight is 846 g/mol. The number of nitrogens with one attached hydrogen (secondary N) is 2. The van der Waals surface area contributed by atoms with E-state index in [-0.39, 0.29) is 39.0 Å². The maximum Gasteiger partial charge on any atom is 0.327 e. The van der Waals surface area contributed by atoms with E-state index in [0.29, 0.717) is 12.8 Å². The van der Waals surface area contributed by atoms with Gasteiger partial charge in [-0.25, -0.2) is 0 Å². The Hall–Kier alpha value is -3.64. The van der Waals surface area contributed by atoms with Gasteiger partial charge in [0.25, 0.3) is 0 Å². The molecule has 2 amide bonds. The smallest absolute Gasteiger partial charge is 0.327 e. The topological polar surface area (TPSA) is 212 Å². The molecule has 336 valence electrons. The van der Waals surface area contributed by atoms with Gasteiger partial charge in [-0.05, 0) is 64.2 Å². The summed E-state index contributed by atoms with van der Waals surface area (Å²) in [7, 11) is 0. The van der Waals surface area contributed by atoms with Crippen LogP contribution in [0.2, 0.25) is 0 Å². The summed E-state index contributed by atoms with van der Waals surface area (Å²) in [4.78, 5) is 62.3. The highest BCUT2D eigenvalue weighted by Gasteiger charge is 2.76. The maximum absolute atomic E-state index is 15.1. The van der Waals surface area contributed by atoms with Crippen LogP contribution in [0.15, 0.2) is 30.5 Å². The molecule has 2 bridgehead atoms. The largest absolute Gasteiger partial charge is 0.499 e. The van der Waals surface area contributed by atoms with Crippen LogP contribution in [0.1, 0.15) is 123 Å². The number of unbranched alkanes of at least 4 members (excludes halogenated alkanes) is 4. The van der Waals surface area contributed by atoms with Gasteiger partial charge in [-0.15, -0.1) is 0 Å². The van der Waals surface area contributed by atoms with Gasteiger partial charge in [0.1, 0.15) is 48.1 Å². The molecule has 16 heteroatoms. The van der Waals surface area contributed by atoms with Crippen LogP contribution in [0, 0.1) is 5.41 Å². The number of nitrogens with zero attached hydrogens (tertiary/aromatic N) is 1. The van der Waals surface area contributed by atoms with Crippen molar-refractivity contribution in [3.05, 3.63) is 41.7 Å². The molecule has 16 nitrogen and oxygen atoms in total. The molecule has 1 aliphatic carbocycles. The van der Waals surface area contributed by atoms with E-state index in [2.05, 4.69) is 24.5 Å². The highest BCUT2D eigenvalue weighted by molar-refractivity contribution is 5.96. The van der Waals surface area contributed by atoms with E-state index in [4.69, 9.17) is 33.6 Å². The average Bonchev–Trinajstić information content (AvgIpc) is 3.75. The third kappa shape index (κ3) is 11.2. The van der Waals surface area contributed by atoms with Crippen LogP contribution in [-0.4, -0.2) is 124 Å². The van der Waals surface area contributed by atoms with Crippen LogP contribution in [-0.2, 0) is 54.2 Å². The van der Waals surface area contributed by atoms with Crippen LogP contribution in [0.3, 0.4) is 0 Å². The molecule has 5 rings (SSSR count). The summed E-state index contributed by atoms with van der Waals surface area (Å²) in [6.07, 6.45) is 5.23. The molecule has 0 spiro atoms. The van der Waals surface area contributed by atoms with E-state index in [1.807, 2.05) is 24.3 Å². The molecule has 1 aromatic rings. The van der Waals surface area contributed by atoms with Gasteiger partial charge in [0, 0.05) is 25.7 Å². The molecule has 9 atom stereocenters. The number of carbonyl (C=O) groups is 4. The molecule has 0 aromatic heterocycles. The van der Waals surface area contributed by atoms with Crippen LogP contribution < -0.4 is 10.6 Å². The first-order valence-corrected chi connectivity index (χ1v) is 21.7. The number of aliphatic hydroxyl groups excluding tert-OH is 3. The van der Waals surface area contributed by atoms with Gasteiger partial charge in [0.2, 0.25) is 11.8 Å². The summed E-state index contributed by atoms with van der Waals surface area (Å²) in [6.45, 7) is 10.4. The molecule has 5 N–H and O–H groups in total. The van der Waals surface area contributed by atoms with Crippen molar-refractivity contribution in [2.24, 2.45) is 5.41 Å². The van der Waals surface area contributed by atoms with Gasteiger partial charge < -0.3 is 49.6 Å². The van der Waals surface area contributed by atoms with Crippen molar-refractivity contribution in [1.82, 2.24) is 15.7 Å². The molecule has 4 aliphatic rings. The molecule has 3 saturated heterocycles. The van der Waals surface area contributed by atoms with Crippen molar-refractivity contribution >= 4 is 29.8 Å². The van der Waals surface area contributed by atoms with Gasteiger partial charge >= 0.3 is 11.9 Å². The number of benzene rings is 1. The second-order valence-electron chi connectivity index (χ2n) is 17.6. The predicted octanol–water partition coefficient (Wildman–Crippen LogP) is 3.57. The molecule has 60 heavy (non-hydrogen) atoms. The first kappa shape index (κ1) is 47.4. The number of fused-ring (bicyclic) bond motifs is 4. The Morgan fingerprint density at radius 2 is 1.73 bits per heavy atom. The highest BCUT2D eigenvalue weighted by Crippen LogP contribution is 2.58. The van der Waals surface area contributed by atoms with E-state index < -0.39 is 95.8 Å². The number of rotatable bonds is 23. The minimum absolute atomic E-state index is 0.00914. The maximum atomic E-state index is 15.1. The van der Waals surface area contributed by atoms with Gasteiger partial charge in [0.05, 0.1) is 38.2 Å². The second-order valence-corrected chi connectivity index (χ2v) is 17.6. The lowest BCUT2D eigenvalue weighted by Gasteiger charge is -2.49. The third-order valence-corrected chi connectivity index (χ3v) is 11.6. The van der Waals surface area contributed by atoms with Crippen LogP contribution in [0.4, 0.5) is 0 Å². The third-order valence-electron chi connectivity index (χ3n) is 11.6. The van der Waals surface area contributed by atoms with E-state index in [1.54, 1.807) is 26.8 Å². The second kappa shape index (κ2) is 21.0. The molecule has 3 heterocycles. The normalized spacial score (nSPS) is 27.1. The van der Waals surface area contributed by atoms with Crippen molar-refractivity contribution < 1.29 is 63.0 Å². The summed E-state index contributed by atoms with van der Waals surface area (Å²) in [5.41, 5.74) is -0.809. The Bertz CT molecular complexity index is 1640. The zero-order valence-electron chi connectivity index (χ0n) is 36.1. The summed E-state index contributed by atoms with van der Waals surface area (Å²) >= 11 is 0. The van der Waals surface area contributed by atoms with Crippen molar-refractivity contribution in [3.63, 3.8) is 0 Å². The van der Waals surface area contributed by atoms with Gasteiger partial charge in [-0.3, -0.25) is 24.0 Å². The van der Waals surface area contributed by atoms with E-state index >= 15 is 4.79 Å². The molecule has 1 aromatic carbocycles. The molecular weight excluding hydrogens is 778 g/mol. The Morgan fingerprint density at radius 1 is 1.03 bits per heavy atom. The SMILES string of the molecule is CCCCCC1(CCCCC)OC2C3CC4(C(=O)NC(C(=O)NC(CO)CCC(=O)OC(C)(C)C)C(C)O)C(ON(Cc5cccc(C=COCCO)c5)C4C(=O)O3)C2O1. The number of hydrogen-bond donors (Lipinski definition) is 5. The van der Waals surface area contributed by atoms with E-state index in [9.17, 15) is 24.6 Å². The van der Waals surface area contributed by atoms with Crippen molar-refractivity contribution in [2.45, 2.75) is 179 Å². The standard InChI is InChI=1S/C44H67N3O13/c1-7-9-11-19-43(20-12-10-8-2)58-35-32-25-44(41(54)46-34(28(3)50)39(52)45-31(27-49)16-17-33(51)57-42(4,5)6)37(40(53)56-32)47(60-38(44)36(35)59-43)26-30-15-13-14-29(24-30)18-22-55-23-21-48/h13-15,18,22,24,28,31-32,34-38,48-50H,7-12,16-17,19-21,23,25-27H2,1-6H3,(H,45,52)(H,46,54). The first-order valence-electron chi connectivity index (χ1n) is 21.7. The summed E-state index contributed by atoms with van der Waals surface area (Å²) < 4.78 is 30.6. The summed E-state index contributed by atoms with van der Waals surface area (Å²) in [6, 6.07) is 3.79. The Morgan fingerprint density at radius 3 is 2.37 bits per heavy atom. The number of ether oxygens (including phenoxy) is 5. The van der Waals surface area contributed by atoms with Gasteiger partial charge in [-0.1, -0.05) is 63.8 Å². The predicted molar refractivity (Wildman–Crippen MR) is 218 cm³/mol. The zero-order chi connectivity index (χ0) is 43.7. The number of carbonyl (C=O) groups excluding carboxylic acids is 4. The molecular formula is C44H67N3O13. The Labute approximate surface area is 353 Å². The molecule has 4 fully saturated rings. The minimum atomic E-state index is -1.64. The zero-order valence-corrected chi connectivity index (χ0v) is 36.1. The monoisotopic (exact) mass is 845 g/mol. The number of aliphatic hydroxyl groups is 3. The Kier molecular flexibility index (Phi) is 16.6. The highest BCUT2D eigenvalue weighted by atomic mass is 16.8. The van der Waals surface area contributed by atoms with Gasteiger partial charge in [0.15, 0.2) is 11.8 Å². The van der Waals surface area contributed by atoms with Crippen molar-refractivity contribution in [1.29, 1.82) is 0 Å². The summed E-state index contributed by atoms with van der Waals surface area (Å²) in [5.74, 6) is -3.66. The van der Waals surface area contributed by atoms with Crippen molar-refractivity contribution in [3.8, 4) is 0 Å².